The predicted octanol–water partition coefficient (Wildman–Crippen LogP) is 9.94. The number of carbonyl (C=O) groups excluding carboxylic acids is 1. The van der Waals surface area contributed by atoms with E-state index in [4.69, 9.17) is 4.74 Å². The maximum absolute atomic E-state index is 12.5. The van der Waals surface area contributed by atoms with Gasteiger partial charge in [-0.2, -0.15) is 0 Å². The molecule has 0 amide bonds. The number of esters is 1. The second-order valence-corrected chi connectivity index (χ2v) is 11.6. The van der Waals surface area contributed by atoms with Crippen LogP contribution in [0.5, 0.6) is 0 Å². The van der Waals surface area contributed by atoms with Gasteiger partial charge in [0, 0.05) is 29.1 Å². The summed E-state index contributed by atoms with van der Waals surface area (Å²) >= 11 is 3.51. The molecule has 36 heavy (non-hydrogen) atoms. The lowest BCUT2D eigenvalue weighted by molar-refractivity contribution is -0.155. The van der Waals surface area contributed by atoms with E-state index in [0.717, 1.165) is 34.5 Å². The van der Waals surface area contributed by atoms with E-state index in [1.807, 2.05) is 20.8 Å². The Bertz CT molecular complexity index is 813. The van der Waals surface area contributed by atoms with Crippen LogP contribution in [0.15, 0.2) is 39.8 Å². The summed E-state index contributed by atoms with van der Waals surface area (Å²) in [5.74, 6) is 1.59. The van der Waals surface area contributed by atoms with Crippen LogP contribution in [0.3, 0.4) is 0 Å². The first-order valence-corrected chi connectivity index (χ1v) is 14.0. The number of carbonyl (C=O) groups is 1. The highest BCUT2D eigenvalue weighted by atomic mass is 79.9. The summed E-state index contributed by atoms with van der Waals surface area (Å²) in [6, 6.07) is 6.23. The van der Waals surface area contributed by atoms with Crippen molar-refractivity contribution in [2.24, 2.45) is 22.7 Å². The SMILES string of the molecule is CCC(C)/C=C(/Br)C(=NC)c1ccc(C(F)F)cc1.CCCC(C)CCC(C)CC(=O)OC(C)(C)C. The van der Waals surface area contributed by atoms with Gasteiger partial charge in [-0.3, -0.25) is 9.79 Å². The van der Waals surface area contributed by atoms with Crippen LogP contribution in [0.2, 0.25) is 0 Å². The molecule has 0 aliphatic rings. The highest BCUT2D eigenvalue weighted by Gasteiger charge is 2.18. The molecule has 6 heteroatoms. The van der Waals surface area contributed by atoms with Crippen molar-refractivity contribution in [3.8, 4) is 0 Å². The molecular formula is C30H48BrF2NO2. The number of nitrogens with zero attached hydrogens (tertiary/aromatic N) is 1. The van der Waals surface area contributed by atoms with Crippen LogP contribution in [0.1, 0.15) is 111 Å². The first-order valence-electron chi connectivity index (χ1n) is 13.2. The zero-order valence-corrected chi connectivity index (χ0v) is 25.4. The van der Waals surface area contributed by atoms with Crippen molar-refractivity contribution in [2.75, 3.05) is 7.05 Å². The Morgan fingerprint density at radius 2 is 1.58 bits per heavy atom. The molecule has 206 valence electrons. The van der Waals surface area contributed by atoms with Crippen LogP contribution in [0.4, 0.5) is 8.78 Å². The standard InChI is InChI=1S/C15H18BrF2N.C15H30O2/c1-4-10(2)9-13(16)14(19-3)11-5-7-12(8-6-11)15(17)18;1-7-8-12(2)9-10-13(3)11-14(16)17-15(4,5)6/h5-10,15H,4H2,1-3H3;12-13H,7-11H2,1-6H3/b13-9+,19-14?;. The molecule has 0 aliphatic carbocycles. The van der Waals surface area contributed by atoms with Gasteiger partial charge in [0.2, 0.25) is 0 Å². The number of hydrogen-bond donors (Lipinski definition) is 0. The molecule has 0 bridgehead atoms. The Morgan fingerprint density at radius 3 is 2.03 bits per heavy atom. The predicted molar refractivity (Wildman–Crippen MR) is 153 cm³/mol. The van der Waals surface area contributed by atoms with Crippen LogP contribution in [0.25, 0.3) is 0 Å². The van der Waals surface area contributed by atoms with Gasteiger partial charge in [0.25, 0.3) is 6.43 Å². The van der Waals surface area contributed by atoms with E-state index >= 15 is 0 Å². The molecule has 0 saturated carbocycles. The zero-order chi connectivity index (χ0) is 27.9. The lowest BCUT2D eigenvalue weighted by Gasteiger charge is -2.21. The van der Waals surface area contributed by atoms with E-state index < -0.39 is 6.43 Å². The summed E-state index contributed by atoms with van der Waals surface area (Å²) < 4.78 is 31.2. The number of alkyl halides is 2. The van der Waals surface area contributed by atoms with E-state index in [0.29, 0.717) is 18.3 Å². The average Bonchev–Trinajstić information content (AvgIpc) is 2.77. The van der Waals surface area contributed by atoms with E-state index in [9.17, 15) is 13.6 Å². The molecule has 0 N–H and O–H groups in total. The minimum atomic E-state index is -2.44. The average molecular weight is 573 g/mol. The smallest absolute Gasteiger partial charge is 0.306 e. The minimum absolute atomic E-state index is 0.0289. The number of benzene rings is 1. The van der Waals surface area contributed by atoms with Crippen molar-refractivity contribution in [1.29, 1.82) is 0 Å². The second kappa shape index (κ2) is 17.8. The van der Waals surface area contributed by atoms with E-state index in [1.165, 1.54) is 31.4 Å². The number of ether oxygens (including phenoxy) is 1. The molecule has 0 heterocycles. The molecule has 0 saturated heterocycles. The quantitative estimate of drug-likeness (QED) is 0.185. The molecule has 0 spiro atoms. The van der Waals surface area contributed by atoms with Gasteiger partial charge in [-0.15, -0.1) is 0 Å². The van der Waals surface area contributed by atoms with E-state index in [2.05, 4.69) is 61.6 Å². The fourth-order valence-electron chi connectivity index (χ4n) is 3.58. The molecule has 0 radical (unpaired) electrons. The molecule has 1 rings (SSSR count). The van der Waals surface area contributed by atoms with Crippen LogP contribution in [-0.4, -0.2) is 24.3 Å². The molecule has 0 fully saturated rings. The summed E-state index contributed by atoms with van der Waals surface area (Å²) in [6.07, 6.45) is 6.13. The normalized spacial score (nSPS) is 15.1. The molecule has 3 nitrogen and oxygen atoms in total. The van der Waals surface area contributed by atoms with Crippen molar-refractivity contribution in [3.05, 3.63) is 46.0 Å². The van der Waals surface area contributed by atoms with E-state index in [1.54, 1.807) is 19.2 Å². The van der Waals surface area contributed by atoms with Gasteiger partial charge in [0.05, 0.1) is 5.71 Å². The lowest BCUT2D eigenvalue weighted by atomic mass is 9.93. The number of aliphatic imine (C=N–C) groups is 1. The summed E-state index contributed by atoms with van der Waals surface area (Å²) in [7, 11) is 1.70. The zero-order valence-electron chi connectivity index (χ0n) is 23.8. The second-order valence-electron chi connectivity index (χ2n) is 10.8. The molecule has 1 aromatic rings. The Hall–Kier alpha value is -1.56. The highest BCUT2D eigenvalue weighted by molar-refractivity contribution is 9.12. The molecule has 3 unspecified atom stereocenters. The van der Waals surface area contributed by atoms with Gasteiger partial charge in [-0.1, -0.05) is 90.6 Å². The number of allylic oxidation sites excluding steroid dienone is 2. The summed E-state index contributed by atoms with van der Waals surface area (Å²) in [4.78, 5) is 15.9. The van der Waals surface area contributed by atoms with Gasteiger partial charge in [-0.25, -0.2) is 8.78 Å². The summed E-state index contributed by atoms with van der Waals surface area (Å²) in [5, 5.41) is 0. The first-order chi connectivity index (χ1) is 16.7. The Balaban J connectivity index is 0.000000686. The van der Waals surface area contributed by atoms with Gasteiger partial charge >= 0.3 is 5.97 Å². The van der Waals surface area contributed by atoms with Gasteiger partial charge in [0.1, 0.15) is 5.60 Å². The van der Waals surface area contributed by atoms with Crippen molar-refractivity contribution >= 4 is 27.6 Å². The third-order valence-electron chi connectivity index (χ3n) is 5.83. The summed E-state index contributed by atoms with van der Waals surface area (Å²) in [5.41, 5.74) is 1.28. The Labute approximate surface area is 227 Å². The molecule has 0 aliphatic heterocycles. The lowest BCUT2D eigenvalue weighted by Crippen LogP contribution is -2.24. The van der Waals surface area contributed by atoms with Gasteiger partial charge in [0.15, 0.2) is 0 Å². The minimum Gasteiger partial charge on any atom is -0.460 e. The maximum atomic E-state index is 12.5. The maximum Gasteiger partial charge on any atom is 0.306 e. The molecule has 0 aromatic heterocycles. The Morgan fingerprint density at radius 1 is 1.03 bits per heavy atom. The van der Waals surface area contributed by atoms with Gasteiger partial charge < -0.3 is 4.74 Å². The van der Waals surface area contributed by atoms with Crippen LogP contribution in [-0.2, 0) is 9.53 Å². The van der Waals surface area contributed by atoms with E-state index in [-0.39, 0.29) is 17.1 Å². The molecular weight excluding hydrogens is 524 g/mol. The largest absolute Gasteiger partial charge is 0.460 e. The van der Waals surface area contributed by atoms with Crippen LogP contribution in [0, 0.1) is 17.8 Å². The van der Waals surface area contributed by atoms with Crippen LogP contribution < -0.4 is 0 Å². The first kappa shape index (κ1) is 34.4. The monoisotopic (exact) mass is 571 g/mol. The number of hydrogen-bond acceptors (Lipinski definition) is 3. The van der Waals surface area contributed by atoms with Crippen molar-refractivity contribution in [3.63, 3.8) is 0 Å². The Kier molecular flexibility index (Phi) is 17.0. The van der Waals surface area contributed by atoms with Crippen molar-refractivity contribution < 1.29 is 18.3 Å². The number of halogens is 3. The molecule has 1 aromatic carbocycles. The number of rotatable bonds is 12. The van der Waals surface area contributed by atoms with Crippen molar-refractivity contribution in [1.82, 2.24) is 0 Å². The molecule has 3 atom stereocenters. The van der Waals surface area contributed by atoms with Crippen LogP contribution >= 0.6 is 15.9 Å². The van der Waals surface area contributed by atoms with Crippen molar-refractivity contribution in [2.45, 2.75) is 106 Å². The third kappa shape index (κ3) is 15.5. The fraction of sp³-hybridized carbons (Fsp3) is 0.667. The summed E-state index contributed by atoms with van der Waals surface area (Å²) in [6.45, 7) is 16.6. The third-order valence-corrected chi connectivity index (χ3v) is 6.47. The van der Waals surface area contributed by atoms with Gasteiger partial charge in [-0.05, 0) is 60.9 Å². The fourth-order valence-corrected chi connectivity index (χ4v) is 4.44. The highest BCUT2D eigenvalue weighted by Crippen LogP contribution is 2.23. The topological polar surface area (TPSA) is 38.7 Å².